The van der Waals surface area contributed by atoms with Crippen LogP contribution < -0.4 is 98.1 Å². The Morgan fingerprint density at radius 2 is 1.09 bits per heavy atom. The third kappa shape index (κ3) is 339. The van der Waals surface area contributed by atoms with Gasteiger partial charge in [-0.3, -0.25) is 13.7 Å². The molecule has 7 nitrogen and oxygen atoms in total. The number of carbonyl (C=O) groups is 1. The summed E-state index contributed by atoms with van der Waals surface area (Å²) in [5.74, 6) is 0. The van der Waals surface area contributed by atoms with Gasteiger partial charge >= 0.3 is 59.1 Å². The number of halogens is 1. The normalized spacial score (nSPS) is 7.64. The third-order valence-electron chi connectivity index (χ3n) is 0. The summed E-state index contributed by atoms with van der Waals surface area (Å²) in [7, 11) is 0. The number of rotatable bonds is 0. The largest absolute Gasteiger partial charge is 1.00 e. The Kier molecular flexibility index (Phi) is 24.8. The van der Waals surface area contributed by atoms with Crippen LogP contribution in [0.5, 0.6) is 0 Å². The Balaban J connectivity index is -0.0000000383. The minimum absolute atomic E-state index is 0. The fraction of sp³-hybridized carbons (Fsp3) is 0. The van der Waals surface area contributed by atoms with E-state index in [1.54, 1.807) is 0 Å². The second-order valence-electron chi connectivity index (χ2n) is 0.644. The van der Waals surface area contributed by atoms with Gasteiger partial charge in [0.15, 0.2) is 0 Å². The Morgan fingerprint density at radius 1 is 1.09 bits per heavy atom. The van der Waals surface area contributed by atoms with Gasteiger partial charge in [0.05, 0.1) is 0 Å². The standard InChI is InChI=1S/CH2O3.IO4.2Na/c2-1(3)4;2-1(3,4)5;;/h(H2,2,3,4);;;/q;-1;2*+1/p-1. The first-order chi connectivity index (χ1) is 3.73. The average Bonchev–Trinajstić information content (AvgIpc) is 1.19. The molecule has 0 spiro atoms. The molecule has 56 valence electrons. The van der Waals surface area contributed by atoms with Crippen LogP contribution in [0.15, 0.2) is 0 Å². The van der Waals surface area contributed by atoms with Crippen LogP contribution in [0, 0.1) is 0 Å². The van der Waals surface area contributed by atoms with Crippen LogP contribution in [0.2, 0.25) is 0 Å². The van der Waals surface area contributed by atoms with Gasteiger partial charge in [0.25, 0.3) is 0 Å². The Morgan fingerprint density at radius 3 is 1.09 bits per heavy atom. The van der Waals surface area contributed by atoms with Crippen LogP contribution in [0.3, 0.4) is 0 Å². The molecule has 0 radical (unpaired) electrons. The molecule has 0 aromatic carbocycles. The van der Waals surface area contributed by atoms with E-state index in [9.17, 15) is 0 Å². The monoisotopic (exact) mass is 298 g/mol. The molecule has 11 heavy (non-hydrogen) atoms. The van der Waals surface area contributed by atoms with E-state index < -0.39 is 26.2 Å². The first-order valence-electron chi connectivity index (χ1n) is 1.25. The van der Waals surface area contributed by atoms with Crippen molar-refractivity contribution < 1.29 is 108 Å². The topological polar surface area (TPSA) is 153 Å². The summed E-state index contributed by atoms with van der Waals surface area (Å²) in [5.41, 5.74) is 0. The molecular weight excluding hydrogens is 297 g/mol. The van der Waals surface area contributed by atoms with E-state index >= 15 is 0 Å². The van der Waals surface area contributed by atoms with Crippen molar-refractivity contribution in [1.29, 1.82) is 0 Å². The van der Waals surface area contributed by atoms with E-state index in [1.807, 2.05) is 0 Å². The number of carboxylic acid groups (broad SMARTS) is 2. The van der Waals surface area contributed by atoms with Crippen LogP contribution in [0.1, 0.15) is 0 Å². The Bertz CT molecular complexity index is 78.9. The van der Waals surface area contributed by atoms with Crippen LogP contribution in [-0.4, -0.2) is 11.3 Å². The van der Waals surface area contributed by atoms with Gasteiger partial charge in [0, 0.05) is 0 Å². The summed E-state index contributed by atoms with van der Waals surface area (Å²) in [6.07, 6.45) is -2.08. The van der Waals surface area contributed by atoms with Crippen LogP contribution in [0.25, 0.3) is 0 Å². The van der Waals surface area contributed by atoms with Gasteiger partial charge in [0.2, 0.25) is 6.16 Å². The SMILES string of the molecule is O=C([O-])O.[Na+].[Na+].[O-][I+3]([O-])([O-])[O-]. The maximum absolute atomic E-state index is 8.62. The van der Waals surface area contributed by atoms with E-state index in [4.69, 9.17) is 28.8 Å². The Labute approximate surface area is 112 Å². The van der Waals surface area contributed by atoms with Crippen molar-refractivity contribution in [3.8, 4) is 0 Å². The molecule has 0 atom stereocenters. The molecule has 0 aliphatic rings. The van der Waals surface area contributed by atoms with E-state index in [-0.39, 0.29) is 59.1 Å². The van der Waals surface area contributed by atoms with Gasteiger partial charge in [-0.2, -0.15) is 0 Å². The molecule has 0 fully saturated rings. The minimum Gasteiger partial charge on any atom is -0.565 e. The van der Waals surface area contributed by atoms with Crippen LogP contribution >= 0.6 is 0 Å². The zero-order chi connectivity index (χ0) is 8.08. The van der Waals surface area contributed by atoms with Gasteiger partial charge in [-0.25, -0.2) is 0 Å². The molecule has 10 heteroatoms. The summed E-state index contributed by atoms with van der Waals surface area (Å²) in [4.78, 5) is 8.44. The summed E-state index contributed by atoms with van der Waals surface area (Å²) in [6.45, 7) is 0. The molecule has 0 aliphatic heterocycles. The van der Waals surface area contributed by atoms with Crippen LogP contribution in [0.4, 0.5) is 4.79 Å². The first kappa shape index (κ1) is 23.0. The minimum atomic E-state index is -5.94. The van der Waals surface area contributed by atoms with Crippen molar-refractivity contribution >= 4 is 6.16 Å². The average molecular weight is 298 g/mol. The van der Waals surface area contributed by atoms with Gasteiger partial charge in [-0.1, -0.05) is 0 Å². The molecule has 0 saturated heterocycles. The second kappa shape index (κ2) is 11.8. The molecule has 0 aromatic rings. The summed E-state index contributed by atoms with van der Waals surface area (Å²) >= 11 is -5.94. The second-order valence-corrected chi connectivity index (χ2v) is 2.80. The number of hydrogen-bond acceptors (Lipinski definition) is 6. The van der Waals surface area contributed by atoms with Crippen molar-refractivity contribution in [1.82, 2.24) is 0 Å². The Hall–Kier alpha value is 1.84. The predicted octanol–water partition coefficient (Wildman–Crippen LogP) is -14.9. The van der Waals surface area contributed by atoms with E-state index in [0.29, 0.717) is 0 Å². The summed E-state index contributed by atoms with van der Waals surface area (Å²) in [6, 6.07) is 0. The molecule has 0 saturated carbocycles. The summed E-state index contributed by atoms with van der Waals surface area (Å²) < 4.78 is 34.5. The maximum atomic E-state index is 8.62. The molecule has 0 aromatic heterocycles. The predicted molar refractivity (Wildman–Crippen MR) is 8.02 cm³/mol. The van der Waals surface area contributed by atoms with Crippen LogP contribution in [-0.2, 0) is 0 Å². The van der Waals surface area contributed by atoms with Crippen molar-refractivity contribution in [2.24, 2.45) is 0 Å². The van der Waals surface area contributed by atoms with Gasteiger partial charge in [0.1, 0.15) is 20.1 Å². The quantitative estimate of drug-likeness (QED) is 0.344. The molecule has 0 rings (SSSR count). The van der Waals surface area contributed by atoms with Gasteiger partial charge in [-0.05, 0) is 0 Å². The van der Waals surface area contributed by atoms with Crippen molar-refractivity contribution in [2.75, 3.05) is 0 Å². The fourth-order valence-corrected chi connectivity index (χ4v) is 0. The smallest absolute Gasteiger partial charge is 0.565 e. The zero-order valence-corrected chi connectivity index (χ0v) is 11.9. The number of hydrogen-bond donors (Lipinski definition) is 1. The molecule has 0 heterocycles. The molecular formula is CHINa2O7. The fourth-order valence-electron chi connectivity index (χ4n) is 0. The van der Waals surface area contributed by atoms with Crippen molar-refractivity contribution in [2.45, 2.75) is 0 Å². The van der Waals surface area contributed by atoms with E-state index in [2.05, 4.69) is 0 Å². The van der Waals surface area contributed by atoms with Gasteiger partial charge < -0.3 is 15.0 Å². The van der Waals surface area contributed by atoms with Gasteiger partial charge in [-0.15, -0.1) is 0 Å². The zero-order valence-electron chi connectivity index (χ0n) is 5.77. The van der Waals surface area contributed by atoms with Crippen molar-refractivity contribution in [3.05, 3.63) is 0 Å². The van der Waals surface area contributed by atoms with E-state index in [0.717, 1.165) is 0 Å². The molecule has 0 bridgehead atoms. The van der Waals surface area contributed by atoms with Crippen molar-refractivity contribution in [3.63, 3.8) is 0 Å². The summed E-state index contributed by atoms with van der Waals surface area (Å²) in [5, 5.41) is 15.3. The third-order valence-corrected chi connectivity index (χ3v) is 0. The molecule has 0 unspecified atom stereocenters. The molecule has 0 aliphatic carbocycles. The molecule has 1 N–H and O–H groups in total. The first-order valence-corrected chi connectivity index (χ1v) is 4.77. The molecule has 0 amide bonds. The van der Waals surface area contributed by atoms with E-state index in [1.165, 1.54) is 0 Å². The maximum Gasteiger partial charge on any atom is 1.00 e.